The van der Waals surface area contributed by atoms with Crippen molar-refractivity contribution in [3.63, 3.8) is 0 Å². The van der Waals surface area contributed by atoms with Crippen molar-refractivity contribution in [2.75, 3.05) is 7.05 Å². The Morgan fingerprint density at radius 1 is 1.21 bits per heavy atom. The van der Waals surface area contributed by atoms with E-state index in [2.05, 4.69) is 11.4 Å². The molecule has 2 aromatic carbocycles. The number of fused-ring (bicyclic) bond motifs is 1. The summed E-state index contributed by atoms with van der Waals surface area (Å²) in [5.74, 6) is 0.346. The molecule has 0 unspecified atom stereocenters. The number of hydrogen-bond donors (Lipinski definition) is 2. The highest BCUT2D eigenvalue weighted by atomic mass is 16.3. The van der Waals surface area contributed by atoms with E-state index in [-0.39, 0.29) is 0 Å². The molecule has 0 aliphatic heterocycles. The van der Waals surface area contributed by atoms with Gasteiger partial charge in [0.2, 0.25) is 0 Å². The highest BCUT2D eigenvalue weighted by Gasteiger charge is 1.99. The smallest absolute Gasteiger partial charge is 0.123 e. The van der Waals surface area contributed by atoms with Gasteiger partial charge in [0.15, 0.2) is 0 Å². The molecule has 0 atom stereocenters. The fourth-order valence-electron chi connectivity index (χ4n) is 1.63. The Hall–Kier alpha value is -1.54. The van der Waals surface area contributed by atoms with Crippen molar-refractivity contribution >= 4 is 10.8 Å². The fourth-order valence-corrected chi connectivity index (χ4v) is 1.63. The van der Waals surface area contributed by atoms with E-state index in [1.54, 1.807) is 6.07 Å². The first-order chi connectivity index (χ1) is 6.81. The zero-order valence-corrected chi connectivity index (χ0v) is 8.12. The van der Waals surface area contributed by atoms with E-state index in [1.807, 2.05) is 31.3 Å². The van der Waals surface area contributed by atoms with Crippen molar-refractivity contribution in [3.05, 3.63) is 42.0 Å². The Morgan fingerprint density at radius 2 is 2.07 bits per heavy atom. The van der Waals surface area contributed by atoms with Crippen LogP contribution in [0.2, 0.25) is 0 Å². The number of nitrogens with one attached hydrogen (secondary N) is 1. The summed E-state index contributed by atoms with van der Waals surface area (Å²) in [5, 5.41) is 14.7. The molecule has 2 nitrogen and oxygen atoms in total. The highest BCUT2D eigenvalue weighted by Crippen LogP contribution is 2.24. The van der Waals surface area contributed by atoms with Crippen LogP contribution in [-0.4, -0.2) is 12.2 Å². The Morgan fingerprint density at radius 3 is 2.86 bits per heavy atom. The molecule has 0 radical (unpaired) electrons. The van der Waals surface area contributed by atoms with Gasteiger partial charge in [-0.2, -0.15) is 0 Å². The number of aromatic hydroxyl groups is 1. The quantitative estimate of drug-likeness (QED) is 0.755. The van der Waals surface area contributed by atoms with E-state index in [9.17, 15) is 5.11 Å². The molecule has 0 bridgehead atoms. The maximum absolute atomic E-state index is 9.58. The average molecular weight is 187 g/mol. The topological polar surface area (TPSA) is 32.3 Å². The zero-order valence-electron chi connectivity index (χ0n) is 8.12. The van der Waals surface area contributed by atoms with Gasteiger partial charge >= 0.3 is 0 Å². The summed E-state index contributed by atoms with van der Waals surface area (Å²) in [7, 11) is 1.92. The molecule has 0 spiro atoms. The highest BCUT2D eigenvalue weighted by molar-refractivity contribution is 5.88. The minimum atomic E-state index is 0.346. The largest absolute Gasteiger partial charge is 0.507 e. The van der Waals surface area contributed by atoms with Crippen LogP contribution in [0.4, 0.5) is 0 Å². The first-order valence-electron chi connectivity index (χ1n) is 4.66. The van der Waals surface area contributed by atoms with Crippen LogP contribution in [0.15, 0.2) is 36.4 Å². The lowest BCUT2D eigenvalue weighted by molar-refractivity contribution is 0.481. The van der Waals surface area contributed by atoms with E-state index < -0.39 is 0 Å². The molecule has 0 aliphatic rings. The summed E-state index contributed by atoms with van der Waals surface area (Å²) in [6.07, 6.45) is 0. The van der Waals surface area contributed by atoms with Gasteiger partial charge < -0.3 is 10.4 Å². The minimum Gasteiger partial charge on any atom is -0.507 e. The second kappa shape index (κ2) is 3.68. The normalized spacial score (nSPS) is 10.6. The second-order valence-corrected chi connectivity index (χ2v) is 3.36. The van der Waals surface area contributed by atoms with Crippen molar-refractivity contribution in [3.8, 4) is 5.75 Å². The molecule has 0 aliphatic carbocycles. The van der Waals surface area contributed by atoms with Gasteiger partial charge in [-0.15, -0.1) is 0 Å². The standard InChI is InChI=1S/C12H13NO/c1-13-8-9-5-6-11-10(7-9)3-2-4-12(11)14/h2-7,13-14H,8H2,1H3. The van der Waals surface area contributed by atoms with E-state index in [4.69, 9.17) is 0 Å². The third-order valence-electron chi connectivity index (χ3n) is 2.30. The number of hydrogen-bond acceptors (Lipinski definition) is 2. The second-order valence-electron chi connectivity index (χ2n) is 3.36. The number of phenolic OH excluding ortho intramolecular Hbond substituents is 1. The molecule has 0 heterocycles. The molecule has 72 valence electrons. The van der Waals surface area contributed by atoms with Gasteiger partial charge in [0, 0.05) is 11.9 Å². The lowest BCUT2D eigenvalue weighted by atomic mass is 10.1. The van der Waals surface area contributed by atoms with Crippen LogP contribution < -0.4 is 5.32 Å². The molecule has 2 aromatic rings. The van der Waals surface area contributed by atoms with E-state index in [1.165, 1.54) is 5.56 Å². The van der Waals surface area contributed by atoms with Gasteiger partial charge in [-0.3, -0.25) is 0 Å². The van der Waals surface area contributed by atoms with E-state index in [0.29, 0.717) is 5.75 Å². The van der Waals surface area contributed by atoms with E-state index in [0.717, 1.165) is 17.3 Å². The summed E-state index contributed by atoms with van der Waals surface area (Å²) in [5.41, 5.74) is 1.23. The third kappa shape index (κ3) is 1.56. The third-order valence-corrected chi connectivity index (χ3v) is 2.30. The predicted octanol–water partition coefficient (Wildman–Crippen LogP) is 2.26. The monoisotopic (exact) mass is 187 g/mol. The van der Waals surface area contributed by atoms with Crippen molar-refractivity contribution in [1.82, 2.24) is 5.32 Å². The minimum absolute atomic E-state index is 0.346. The van der Waals surface area contributed by atoms with Crippen molar-refractivity contribution < 1.29 is 5.11 Å². The van der Waals surface area contributed by atoms with Crippen molar-refractivity contribution in [1.29, 1.82) is 0 Å². The Bertz CT molecular complexity index is 451. The van der Waals surface area contributed by atoms with Gasteiger partial charge in [0.25, 0.3) is 0 Å². The van der Waals surface area contributed by atoms with Crippen LogP contribution in [0.1, 0.15) is 5.56 Å². The molecule has 2 rings (SSSR count). The molecule has 0 amide bonds. The van der Waals surface area contributed by atoms with Gasteiger partial charge in [-0.25, -0.2) is 0 Å². The Labute approximate surface area is 83.2 Å². The molecular weight excluding hydrogens is 174 g/mol. The van der Waals surface area contributed by atoms with Crippen molar-refractivity contribution in [2.45, 2.75) is 6.54 Å². The maximum Gasteiger partial charge on any atom is 0.123 e. The average Bonchev–Trinajstić information content (AvgIpc) is 2.18. The lowest BCUT2D eigenvalue weighted by Crippen LogP contribution is -2.04. The van der Waals surface area contributed by atoms with Gasteiger partial charge in [-0.1, -0.05) is 24.3 Å². The number of phenols is 1. The molecular formula is C12H13NO. The summed E-state index contributed by atoms with van der Waals surface area (Å²) in [4.78, 5) is 0. The predicted molar refractivity (Wildman–Crippen MR) is 58.4 cm³/mol. The Balaban J connectivity index is 2.56. The van der Waals surface area contributed by atoms with Gasteiger partial charge in [0.1, 0.15) is 5.75 Å². The zero-order chi connectivity index (χ0) is 9.97. The van der Waals surface area contributed by atoms with Crippen LogP contribution in [0.25, 0.3) is 10.8 Å². The number of rotatable bonds is 2. The van der Waals surface area contributed by atoms with Crippen LogP contribution in [0, 0.1) is 0 Å². The summed E-state index contributed by atoms with van der Waals surface area (Å²) < 4.78 is 0. The van der Waals surface area contributed by atoms with Gasteiger partial charge in [0.05, 0.1) is 0 Å². The van der Waals surface area contributed by atoms with Crippen LogP contribution in [0.3, 0.4) is 0 Å². The lowest BCUT2D eigenvalue weighted by Gasteiger charge is -2.04. The SMILES string of the molecule is CNCc1ccc2c(O)cccc2c1. The van der Waals surface area contributed by atoms with Crippen LogP contribution >= 0.6 is 0 Å². The maximum atomic E-state index is 9.58. The molecule has 14 heavy (non-hydrogen) atoms. The molecule has 0 aromatic heterocycles. The Kier molecular flexibility index (Phi) is 2.37. The molecule has 2 heteroatoms. The number of benzene rings is 2. The van der Waals surface area contributed by atoms with Crippen molar-refractivity contribution in [2.24, 2.45) is 0 Å². The summed E-state index contributed by atoms with van der Waals surface area (Å²) >= 11 is 0. The van der Waals surface area contributed by atoms with E-state index >= 15 is 0 Å². The summed E-state index contributed by atoms with van der Waals surface area (Å²) in [6, 6.07) is 11.6. The first kappa shape index (κ1) is 9.03. The summed E-state index contributed by atoms with van der Waals surface area (Å²) in [6.45, 7) is 0.853. The molecule has 0 saturated heterocycles. The van der Waals surface area contributed by atoms with Crippen LogP contribution in [0.5, 0.6) is 5.75 Å². The van der Waals surface area contributed by atoms with Crippen LogP contribution in [-0.2, 0) is 6.54 Å². The first-order valence-corrected chi connectivity index (χ1v) is 4.66. The molecule has 0 saturated carbocycles. The molecule has 0 fully saturated rings. The molecule has 2 N–H and O–H groups in total. The fraction of sp³-hybridized carbons (Fsp3) is 0.167. The van der Waals surface area contributed by atoms with Gasteiger partial charge in [-0.05, 0) is 30.1 Å².